The Morgan fingerprint density at radius 3 is 2.25 bits per heavy atom. The van der Waals surface area contributed by atoms with Crippen LogP contribution in [0.25, 0.3) is 0 Å². The Morgan fingerprint density at radius 2 is 1.81 bits per heavy atom. The van der Waals surface area contributed by atoms with Gasteiger partial charge in [-0.25, -0.2) is 0 Å². The summed E-state index contributed by atoms with van der Waals surface area (Å²) in [5.41, 5.74) is 0.431. The van der Waals surface area contributed by atoms with Crippen LogP contribution in [-0.2, 0) is 6.42 Å². The Balaban J connectivity index is 3.42. The van der Waals surface area contributed by atoms with Gasteiger partial charge in [0.15, 0.2) is 11.5 Å². The largest absolute Gasteiger partial charge is 0.493 e. The lowest BCUT2D eigenvalue weighted by atomic mass is 10.1. The zero-order valence-corrected chi connectivity index (χ0v) is 9.33. The fraction of sp³-hybridized carbons (Fsp3) is 0.364. The minimum atomic E-state index is -0.658. The summed E-state index contributed by atoms with van der Waals surface area (Å²) >= 11 is 0. The van der Waals surface area contributed by atoms with Gasteiger partial charge in [0.05, 0.1) is 33.8 Å². The van der Waals surface area contributed by atoms with Gasteiger partial charge in [0, 0.05) is 5.56 Å². The Hall–Kier alpha value is -1.96. The van der Waals surface area contributed by atoms with Crippen molar-refractivity contribution in [3.8, 4) is 23.3 Å². The number of nitriles is 1. The highest BCUT2D eigenvalue weighted by atomic mass is 19.1. The van der Waals surface area contributed by atoms with E-state index in [4.69, 9.17) is 19.5 Å². The van der Waals surface area contributed by atoms with Crippen molar-refractivity contribution in [3.63, 3.8) is 0 Å². The molecule has 0 spiro atoms. The highest BCUT2D eigenvalue weighted by molar-refractivity contribution is 5.52. The molecule has 86 valence electrons. The van der Waals surface area contributed by atoms with Crippen LogP contribution in [0.5, 0.6) is 17.2 Å². The second-order valence-corrected chi connectivity index (χ2v) is 2.95. The Kier molecular flexibility index (Phi) is 3.95. The van der Waals surface area contributed by atoms with Crippen LogP contribution in [0.15, 0.2) is 6.07 Å². The van der Waals surface area contributed by atoms with E-state index in [-0.39, 0.29) is 23.7 Å². The molecular formula is C11H12FNO3. The summed E-state index contributed by atoms with van der Waals surface area (Å²) in [6.07, 6.45) is 0.0421. The highest BCUT2D eigenvalue weighted by Crippen LogP contribution is 2.38. The average molecular weight is 225 g/mol. The number of methoxy groups -OCH3 is 3. The molecule has 0 aliphatic rings. The molecule has 0 saturated carbocycles. The lowest BCUT2D eigenvalue weighted by Gasteiger charge is -2.14. The molecule has 0 N–H and O–H groups in total. The van der Waals surface area contributed by atoms with E-state index in [1.807, 2.05) is 6.07 Å². The first-order valence-corrected chi connectivity index (χ1v) is 4.53. The summed E-state index contributed by atoms with van der Waals surface area (Å²) in [4.78, 5) is 0. The molecule has 0 bridgehead atoms. The maximum absolute atomic E-state index is 13.9. The number of ether oxygens (including phenoxy) is 3. The van der Waals surface area contributed by atoms with E-state index in [1.165, 1.54) is 27.4 Å². The van der Waals surface area contributed by atoms with Crippen molar-refractivity contribution >= 4 is 0 Å². The SMILES string of the molecule is COc1cc(CC#N)c(OC)c(F)c1OC. The van der Waals surface area contributed by atoms with Gasteiger partial charge in [-0.15, -0.1) is 0 Å². The standard InChI is InChI=1S/C11H12FNO3/c1-14-8-6-7(4-5-13)10(15-2)9(12)11(8)16-3/h6H,4H2,1-3H3. The van der Waals surface area contributed by atoms with Crippen LogP contribution in [0.2, 0.25) is 0 Å². The first-order chi connectivity index (χ1) is 7.69. The third kappa shape index (κ3) is 2.01. The molecule has 0 amide bonds. The van der Waals surface area contributed by atoms with Gasteiger partial charge in [-0.3, -0.25) is 0 Å². The normalized spacial score (nSPS) is 9.44. The van der Waals surface area contributed by atoms with Crippen molar-refractivity contribution in [2.45, 2.75) is 6.42 Å². The number of nitrogens with zero attached hydrogens (tertiary/aromatic N) is 1. The molecule has 0 aliphatic heterocycles. The summed E-state index contributed by atoms with van der Waals surface area (Å²) in [6, 6.07) is 3.46. The third-order valence-corrected chi connectivity index (χ3v) is 2.12. The van der Waals surface area contributed by atoms with Crippen LogP contribution in [0.4, 0.5) is 4.39 Å². The first-order valence-electron chi connectivity index (χ1n) is 4.53. The molecule has 0 atom stereocenters. The van der Waals surface area contributed by atoms with Gasteiger partial charge >= 0.3 is 0 Å². The molecule has 0 aliphatic carbocycles. The van der Waals surface area contributed by atoms with Gasteiger partial charge in [0.25, 0.3) is 0 Å². The molecule has 0 radical (unpaired) electrons. The first kappa shape index (κ1) is 12.1. The highest BCUT2D eigenvalue weighted by Gasteiger charge is 2.20. The summed E-state index contributed by atoms with van der Waals surface area (Å²) in [5, 5.41) is 8.62. The summed E-state index contributed by atoms with van der Waals surface area (Å²) in [7, 11) is 4.08. The molecule has 0 fully saturated rings. The molecule has 1 aromatic rings. The third-order valence-electron chi connectivity index (χ3n) is 2.12. The molecule has 0 heterocycles. The predicted molar refractivity (Wildman–Crippen MR) is 55.4 cm³/mol. The minimum Gasteiger partial charge on any atom is -0.493 e. The fourth-order valence-electron chi connectivity index (χ4n) is 1.42. The number of benzene rings is 1. The van der Waals surface area contributed by atoms with Crippen LogP contribution < -0.4 is 14.2 Å². The van der Waals surface area contributed by atoms with Gasteiger partial charge < -0.3 is 14.2 Å². The van der Waals surface area contributed by atoms with E-state index in [9.17, 15) is 4.39 Å². The molecular weight excluding hydrogens is 213 g/mol. The van der Waals surface area contributed by atoms with Crippen molar-refractivity contribution in [2.24, 2.45) is 0 Å². The maximum atomic E-state index is 13.9. The average Bonchev–Trinajstić information content (AvgIpc) is 2.29. The summed E-state index contributed by atoms with van der Waals surface area (Å²) in [5.74, 6) is -0.430. The van der Waals surface area contributed by atoms with E-state index >= 15 is 0 Å². The summed E-state index contributed by atoms with van der Waals surface area (Å²) in [6.45, 7) is 0. The zero-order chi connectivity index (χ0) is 12.1. The van der Waals surface area contributed by atoms with Crippen molar-refractivity contribution in [3.05, 3.63) is 17.4 Å². The maximum Gasteiger partial charge on any atom is 0.211 e. The Morgan fingerprint density at radius 1 is 1.19 bits per heavy atom. The quantitative estimate of drug-likeness (QED) is 0.785. The molecule has 1 aromatic carbocycles. The lowest BCUT2D eigenvalue weighted by molar-refractivity contribution is 0.319. The molecule has 4 nitrogen and oxygen atoms in total. The van der Waals surface area contributed by atoms with Gasteiger partial charge in [0.2, 0.25) is 11.6 Å². The topological polar surface area (TPSA) is 51.5 Å². The van der Waals surface area contributed by atoms with E-state index in [2.05, 4.69) is 0 Å². The molecule has 5 heteroatoms. The number of hydrogen-bond donors (Lipinski definition) is 0. The van der Waals surface area contributed by atoms with Gasteiger partial charge in [0.1, 0.15) is 0 Å². The van der Waals surface area contributed by atoms with Crippen molar-refractivity contribution in [1.29, 1.82) is 5.26 Å². The van der Waals surface area contributed by atoms with Crippen molar-refractivity contribution < 1.29 is 18.6 Å². The Bertz CT molecular complexity index is 426. The molecule has 0 saturated heterocycles. The summed E-state index contributed by atoms with van der Waals surface area (Å²) < 4.78 is 28.6. The number of hydrogen-bond acceptors (Lipinski definition) is 4. The van der Waals surface area contributed by atoms with Crippen molar-refractivity contribution in [2.75, 3.05) is 21.3 Å². The van der Waals surface area contributed by atoms with Crippen LogP contribution in [0.1, 0.15) is 5.56 Å². The molecule has 1 rings (SSSR count). The number of rotatable bonds is 4. The molecule has 16 heavy (non-hydrogen) atoms. The number of halogens is 1. The smallest absolute Gasteiger partial charge is 0.211 e. The van der Waals surface area contributed by atoms with E-state index < -0.39 is 5.82 Å². The fourth-order valence-corrected chi connectivity index (χ4v) is 1.42. The lowest BCUT2D eigenvalue weighted by Crippen LogP contribution is -2.01. The van der Waals surface area contributed by atoms with Crippen LogP contribution in [-0.4, -0.2) is 21.3 Å². The monoisotopic (exact) mass is 225 g/mol. The zero-order valence-electron chi connectivity index (χ0n) is 9.33. The van der Waals surface area contributed by atoms with Crippen LogP contribution in [0.3, 0.4) is 0 Å². The van der Waals surface area contributed by atoms with Gasteiger partial charge in [-0.05, 0) is 6.07 Å². The second-order valence-electron chi connectivity index (χ2n) is 2.95. The molecule has 0 aromatic heterocycles. The van der Waals surface area contributed by atoms with E-state index in [0.29, 0.717) is 5.56 Å². The Labute approximate surface area is 93.2 Å². The van der Waals surface area contributed by atoms with Crippen LogP contribution in [0, 0.1) is 17.1 Å². The molecule has 0 unspecified atom stereocenters. The minimum absolute atomic E-state index is 0.0131. The van der Waals surface area contributed by atoms with Gasteiger partial charge in [-0.2, -0.15) is 9.65 Å². The van der Waals surface area contributed by atoms with E-state index in [1.54, 1.807) is 0 Å². The van der Waals surface area contributed by atoms with Crippen molar-refractivity contribution in [1.82, 2.24) is 0 Å². The van der Waals surface area contributed by atoms with Crippen LogP contribution >= 0.6 is 0 Å². The van der Waals surface area contributed by atoms with Gasteiger partial charge in [-0.1, -0.05) is 0 Å². The van der Waals surface area contributed by atoms with E-state index in [0.717, 1.165) is 0 Å². The second kappa shape index (κ2) is 5.21. The predicted octanol–water partition coefficient (Wildman–Crippen LogP) is 1.92.